The first kappa shape index (κ1) is 12.4. The molecule has 5 heteroatoms. The Hall–Kier alpha value is 1.40. The largest absolute Gasteiger partial charge is 0.0854 e. The van der Waals surface area contributed by atoms with Crippen molar-refractivity contribution in [2.75, 3.05) is 11.5 Å². The van der Waals surface area contributed by atoms with Crippen molar-refractivity contribution in [2.24, 2.45) is 0 Å². The van der Waals surface area contributed by atoms with Crippen LogP contribution in [0, 0.1) is 0 Å². The molecule has 0 bridgehead atoms. The van der Waals surface area contributed by atoms with Crippen LogP contribution in [0.5, 0.6) is 0 Å². The summed E-state index contributed by atoms with van der Waals surface area (Å²) >= 11 is 0. The first-order chi connectivity index (χ1) is 5.00. The summed E-state index contributed by atoms with van der Waals surface area (Å²) in [7, 11) is 7.38. The molecular formula is C6H8CuS4. The normalized spacial score (nSPS) is 18.9. The maximum atomic E-state index is 2.16. The Bertz CT molecular complexity index is 107. The van der Waals surface area contributed by atoms with E-state index < -0.39 is 0 Å². The topological polar surface area (TPSA) is 0 Å². The molecule has 0 aromatic heterocycles. The van der Waals surface area contributed by atoms with Crippen LogP contribution < -0.4 is 0 Å². The van der Waals surface area contributed by atoms with Gasteiger partial charge in [0.05, 0.1) is 0 Å². The molecule has 0 spiro atoms. The molecule has 0 nitrogen and oxygen atoms in total. The third kappa shape index (κ3) is 7.75. The molecule has 2 aliphatic rings. The monoisotopic (exact) mass is 271 g/mol. The molecule has 0 saturated carbocycles. The van der Waals surface area contributed by atoms with Crippen LogP contribution in [0.3, 0.4) is 0 Å². The molecule has 0 fully saturated rings. The van der Waals surface area contributed by atoms with E-state index in [1.165, 1.54) is 11.5 Å². The van der Waals surface area contributed by atoms with Crippen LogP contribution in [-0.4, -0.2) is 11.5 Å². The summed E-state index contributed by atoms with van der Waals surface area (Å²) in [6, 6.07) is 0. The van der Waals surface area contributed by atoms with E-state index in [2.05, 4.69) is 23.0 Å². The van der Waals surface area contributed by atoms with E-state index in [-0.39, 0.29) is 17.1 Å². The van der Waals surface area contributed by atoms with Crippen molar-refractivity contribution in [1.82, 2.24) is 0 Å². The molecule has 0 aromatic rings. The van der Waals surface area contributed by atoms with Gasteiger partial charge in [0.15, 0.2) is 0 Å². The van der Waals surface area contributed by atoms with Gasteiger partial charge in [0, 0.05) is 28.6 Å². The molecule has 0 saturated heterocycles. The zero-order chi connectivity index (χ0) is 7.07. The van der Waals surface area contributed by atoms with Crippen LogP contribution in [0.15, 0.2) is 23.0 Å². The van der Waals surface area contributed by atoms with Gasteiger partial charge in [-0.05, 0) is 10.8 Å². The minimum Gasteiger partial charge on any atom is -0.0854 e. The van der Waals surface area contributed by atoms with Crippen LogP contribution in [-0.2, 0) is 17.1 Å². The molecule has 1 radical (unpaired) electrons. The molecule has 0 N–H and O–H groups in total. The predicted octanol–water partition coefficient (Wildman–Crippen LogP) is 3.79. The Kier molecular flexibility index (Phi) is 10.7. The Morgan fingerprint density at radius 1 is 0.818 bits per heavy atom. The summed E-state index contributed by atoms with van der Waals surface area (Å²) in [5, 5.41) is 4.23. The summed E-state index contributed by atoms with van der Waals surface area (Å²) in [4.78, 5) is 0. The first-order valence-electron chi connectivity index (χ1n) is 2.87. The molecule has 2 aliphatic heterocycles. The van der Waals surface area contributed by atoms with Crippen LogP contribution in [0.2, 0.25) is 0 Å². The molecule has 0 aromatic carbocycles. The van der Waals surface area contributed by atoms with Crippen molar-refractivity contribution in [3.05, 3.63) is 23.0 Å². The molecule has 2 heterocycles. The van der Waals surface area contributed by atoms with E-state index in [0.29, 0.717) is 0 Å². The second-order valence-corrected chi connectivity index (χ2v) is 6.14. The number of rotatable bonds is 0. The molecule has 0 atom stereocenters. The van der Waals surface area contributed by atoms with E-state index in [9.17, 15) is 0 Å². The van der Waals surface area contributed by atoms with Crippen molar-refractivity contribution >= 4 is 43.2 Å². The summed E-state index contributed by atoms with van der Waals surface area (Å²) in [5.41, 5.74) is 0. The summed E-state index contributed by atoms with van der Waals surface area (Å²) in [6.45, 7) is 0. The fourth-order valence-corrected chi connectivity index (χ4v) is 3.54. The maximum absolute atomic E-state index is 2.16. The van der Waals surface area contributed by atoms with Crippen molar-refractivity contribution < 1.29 is 17.1 Å². The van der Waals surface area contributed by atoms with E-state index in [1.807, 2.05) is 43.2 Å². The Balaban J connectivity index is 0.000000167. The average molecular weight is 272 g/mol. The Morgan fingerprint density at radius 2 is 1.27 bits per heavy atom. The van der Waals surface area contributed by atoms with E-state index in [1.54, 1.807) is 0 Å². The van der Waals surface area contributed by atoms with Crippen LogP contribution >= 0.6 is 43.2 Å². The fourth-order valence-electron chi connectivity index (χ4n) is 0.393. The molecular weight excluding hydrogens is 264 g/mol. The smallest absolute Gasteiger partial charge is 0.0229 e. The first-order valence-corrected chi connectivity index (χ1v) is 7.63. The van der Waals surface area contributed by atoms with Crippen LogP contribution in [0.25, 0.3) is 0 Å². The van der Waals surface area contributed by atoms with Gasteiger partial charge in [0.25, 0.3) is 0 Å². The van der Waals surface area contributed by atoms with Gasteiger partial charge < -0.3 is 0 Å². The minimum absolute atomic E-state index is 0. The van der Waals surface area contributed by atoms with Gasteiger partial charge >= 0.3 is 0 Å². The zero-order valence-electron chi connectivity index (χ0n) is 5.66. The van der Waals surface area contributed by atoms with Gasteiger partial charge in [0.2, 0.25) is 0 Å². The van der Waals surface area contributed by atoms with Crippen molar-refractivity contribution in [2.45, 2.75) is 0 Å². The van der Waals surface area contributed by atoms with Crippen molar-refractivity contribution in [3.8, 4) is 0 Å². The SMILES string of the molecule is C1=CSSC1.C1=CSSC1.[Cu]. The maximum Gasteiger partial charge on any atom is 0.0229 e. The van der Waals surface area contributed by atoms with Gasteiger partial charge in [-0.3, -0.25) is 0 Å². The van der Waals surface area contributed by atoms with Gasteiger partial charge in [-0.1, -0.05) is 55.3 Å². The summed E-state index contributed by atoms with van der Waals surface area (Å²) in [5.74, 6) is 2.40. The molecule has 67 valence electrons. The minimum atomic E-state index is 0. The summed E-state index contributed by atoms with van der Waals surface area (Å²) < 4.78 is 0. The Morgan fingerprint density at radius 3 is 1.36 bits per heavy atom. The van der Waals surface area contributed by atoms with Gasteiger partial charge in [0.1, 0.15) is 0 Å². The second kappa shape index (κ2) is 9.49. The van der Waals surface area contributed by atoms with E-state index in [0.717, 1.165) is 0 Å². The predicted molar refractivity (Wildman–Crippen MR) is 58.4 cm³/mol. The van der Waals surface area contributed by atoms with Crippen molar-refractivity contribution in [1.29, 1.82) is 0 Å². The van der Waals surface area contributed by atoms with E-state index in [4.69, 9.17) is 0 Å². The molecule has 0 unspecified atom stereocenters. The van der Waals surface area contributed by atoms with Gasteiger partial charge in [-0.15, -0.1) is 0 Å². The third-order valence-electron chi connectivity index (χ3n) is 0.768. The second-order valence-electron chi connectivity index (χ2n) is 1.51. The quantitative estimate of drug-likeness (QED) is 0.485. The van der Waals surface area contributed by atoms with Gasteiger partial charge in [-0.25, -0.2) is 0 Å². The van der Waals surface area contributed by atoms with Crippen molar-refractivity contribution in [3.63, 3.8) is 0 Å². The van der Waals surface area contributed by atoms with Crippen LogP contribution in [0.4, 0.5) is 0 Å². The van der Waals surface area contributed by atoms with Crippen LogP contribution in [0.1, 0.15) is 0 Å². The molecule has 11 heavy (non-hydrogen) atoms. The fraction of sp³-hybridized carbons (Fsp3) is 0.333. The van der Waals surface area contributed by atoms with E-state index >= 15 is 0 Å². The molecule has 2 rings (SSSR count). The average Bonchev–Trinajstić information content (AvgIpc) is 2.67. The van der Waals surface area contributed by atoms with Gasteiger partial charge in [-0.2, -0.15) is 0 Å². The summed E-state index contributed by atoms with van der Waals surface area (Å²) in [6.07, 6.45) is 4.32. The number of hydrogen-bond acceptors (Lipinski definition) is 4. The third-order valence-corrected chi connectivity index (χ3v) is 4.60. The Labute approximate surface area is 94.1 Å². The molecule has 0 aliphatic carbocycles. The molecule has 0 amide bonds. The zero-order valence-corrected chi connectivity index (χ0v) is 9.87. The standard InChI is InChI=1S/2C3H4S2.Cu/c2*1-2-4-5-3-1;/h2*1-2H,3H2;. The number of hydrogen-bond donors (Lipinski definition) is 0.